The second-order valence-electron chi connectivity index (χ2n) is 6.26. The molecule has 0 bridgehead atoms. The third-order valence-electron chi connectivity index (χ3n) is 4.59. The van der Waals surface area contributed by atoms with E-state index in [9.17, 15) is 9.18 Å². The number of amides is 1. The summed E-state index contributed by atoms with van der Waals surface area (Å²) in [6, 6.07) is 11.7. The third-order valence-corrected chi connectivity index (χ3v) is 4.59. The van der Waals surface area contributed by atoms with Crippen molar-refractivity contribution in [3.05, 3.63) is 59.4 Å². The van der Waals surface area contributed by atoms with Gasteiger partial charge in [-0.05, 0) is 42.0 Å². The smallest absolute Gasteiger partial charge is 0.253 e. The van der Waals surface area contributed by atoms with Crippen molar-refractivity contribution in [3.8, 4) is 11.5 Å². The van der Waals surface area contributed by atoms with Gasteiger partial charge in [-0.1, -0.05) is 6.07 Å². The van der Waals surface area contributed by atoms with Gasteiger partial charge in [-0.3, -0.25) is 9.69 Å². The molecule has 7 heteroatoms. The molecule has 0 spiro atoms. The lowest BCUT2D eigenvalue weighted by Crippen LogP contribution is -2.48. The quantitative estimate of drug-likeness (QED) is 0.823. The van der Waals surface area contributed by atoms with Crippen LogP contribution in [0.15, 0.2) is 42.5 Å². The first-order chi connectivity index (χ1) is 12.2. The van der Waals surface area contributed by atoms with Gasteiger partial charge in [0.25, 0.3) is 5.91 Å². The Morgan fingerprint density at radius 3 is 2.38 bits per heavy atom. The third kappa shape index (κ3) is 3.92. The number of hydrogen-bond acceptors (Lipinski definition) is 4. The number of rotatable bonds is 3. The molecule has 0 saturated carbocycles. The van der Waals surface area contributed by atoms with Gasteiger partial charge in [-0.15, -0.1) is 12.4 Å². The van der Waals surface area contributed by atoms with Gasteiger partial charge in [0.15, 0.2) is 11.5 Å². The molecular formula is C19H20ClFN2O3. The van der Waals surface area contributed by atoms with Crippen LogP contribution in [-0.4, -0.2) is 48.7 Å². The molecule has 2 aliphatic rings. The number of nitrogens with zero attached hydrogens (tertiary/aromatic N) is 2. The average molecular weight is 379 g/mol. The Kier molecular flexibility index (Phi) is 5.64. The van der Waals surface area contributed by atoms with E-state index in [4.69, 9.17) is 9.47 Å². The van der Waals surface area contributed by atoms with Gasteiger partial charge in [0.05, 0.1) is 0 Å². The van der Waals surface area contributed by atoms with Crippen LogP contribution in [0, 0.1) is 5.82 Å². The fourth-order valence-electron chi connectivity index (χ4n) is 3.18. The maximum atomic E-state index is 13.0. The Morgan fingerprint density at radius 1 is 0.962 bits per heavy atom. The van der Waals surface area contributed by atoms with Crippen molar-refractivity contribution in [2.24, 2.45) is 0 Å². The van der Waals surface area contributed by atoms with E-state index >= 15 is 0 Å². The van der Waals surface area contributed by atoms with E-state index in [0.717, 1.165) is 31.1 Å². The average Bonchev–Trinajstić information content (AvgIpc) is 3.10. The first kappa shape index (κ1) is 18.5. The van der Waals surface area contributed by atoms with Crippen LogP contribution in [0.5, 0.6) is 11.5 Å². The molecule has 4 rings (SSSR count). The maximum absolute atomic E-state index is 13.0. The molecule has 0 N–H and O–H groups in total. The van der Waals surface area contributed by atoms with Crippen molar-refractivity contribution in [2.45, 2.75) is 6.54 Å². The molecule has 138 valence electrons. The fraction of sp³-hybridized carbons (Fsp3) is 0.316. The Balaban J connectivity index is 0.00000196. The van der Waals surface area contributed by atoms with Crippen molar-refractivity contribution in [2.75, 3.05) is 33.0 Å². The van der Waals surface area contributed by atoms with Gasteiger partial charge in [0.1, 0.15) is 5.82 Å². The summed E-state index contributed by atoms with van der Waals surface area (Å²) in [5.74, 6) is 1.22. The molecule has 1 saturated heterocycles. The summed E-state index contributed by atoms with van der Waals surface area (Å²) in [6.07, 6.45) is 0. The van der Waals surface area contributed by atoms with Crippen molar-refractivity contribution in [3.63, 3.8) is 0 Å². The molecule has 26 heavy (non-hydrogen) atoms. The molecule has 0 unspecified atom stereocenters. The van der Waals surface area contributed by atoms with Crippen LogP contribution in [0.25, 0.3) is 0 Å². The van der Waals surface area contributed by atoms with Crippen LogP contribution in [0.2, 0.25) is 0 Å². The lowest BCUT2D eigenvalue weighted by Gasteiger charge is -2.34. The van der Waals surface area contributed by atoms with Gasteiger partial charge >= 0.3 is 0 Å². The molecule has 0 atom stereocenters. The molecule has 2 heterocycles. The lowest BCUT2D eigenvalue weighted by molar-refractivity contribution is 0.0628. The highest BCUT2D eigenvalue weighted by Crippen LogP contribution is 2.32. The highest BCUT2D eigenvalue weighted by Gasteiger charge is 2.22. The van der Waals surface area contributed by atoms with Crippen LogP contribution in [0.1, 0.15) is 15.9 Å². The molecule has 5 nitrogen and oxygen atoms in total. The minimum atomic E-state index is -0.329. The van der Waals surface area contributed by atoms with Crippen molar-refractivity contribution >= 4 is 18.3 Å². The maximum Gasteiger partial charge on any atom is 0.253 e. The molecule has 2 aliphatic heterocycles. The number of halogens is 2. The summed E-state index contributed by atoms with van der Waals surface area (Å²) in [7, 11) is 0. The summed E-state index contributed by atoms with van der Waals surface area (Å²) in [5.41, 5.74) is 1.70. The zero-order chi connectivity index (χ0) is 17.2. The lowest BCUT2D eigenvalue weighted by atomic mass is 10.1. The molecule has 0 radical (unpaired) electrons. The number of hydrogen-bond donors (Lipinski definition) is 0. The van der Waals surface area contributed by atoms with Crippen molar-refractivity contribution in [1.82, 2.24) is 9.80 Å². The number of ether oxygens (including phenoxy) is 2. The fourth-order valence-corrected chi connectivity index (χ4v) is 3.18. The Labute approximate surface area is 157 Å². The van der Waals surface area contributed by atoms with E-state index in [1.165, 1.54) is 29.8 Å². The first-order valence-corrected chi connectivity index (χ1v) is 8.35. The zero-order valence-corrected chi connectivity index (χ0v) is 15.0. The minimum Gasteiger partial charge on any atom is -0.454 e. The predicted molar refractivity (Wildman–Crippen MR) is 97.4 cm³/mol. The Morgan fingerprint density at radius 2 is 1.65 bits per heavy atom. The molecular weight excluding hydrogens is 359 g/mol. The van der Waals surface area contributed by atoms with Crippen molar-refractivity contribution in [1.29, 1.82) is 0 Å². The highest BCUT2D eigenvalue weighted by atomic mass is 35.5. The summed E-state index contributed by atoms with van der Waals surface area (Å²) in [4.78, 5) is 16.6. The number of piperazine rings is 1. The summed E-state index contributed by atoms with van der Waals surface area (Å²) < 4.78 is 23.7. The summed E-state index contributed by atoms with van der Waals surface area (Å²) >= 11 is 0. The van der Waals surface area contributed by atoms with E-state index in [0.29, 0.717) is 18.7 Å². The Bertz CT molecular complexity index is 777. The topological polar surface area (TPSA) is 42.0 Å². The van der Waals surface area contributed by atoms with E-state index in [-0.39, 0.29) is 30.9 Å². The van der Waals surface area contributed by atoms with Gasteiger partial charge in [-0.25, -0.2) is 4.39 Å². The highest BCUT2D eigenvalue weighted by molar-refractivity contribution is 5.94. The molecule has 0 aromatic heterocycles. The van der Waals surface area contributed by atoms with Gasteiger partial charge in [0.2, 0.25) is 6.79 Å². The van der Waals surface area contributed by atoms with Gasteiger partial charge < -0.3 is 14.4 Å². The largest absolute Gasteiger partial charge is 0.454 e. The second-order valence-corrected chi connectivity index (χ2v) is 6.26. The van der Waals surface area contributed by atoms with Gasteiger partial charge in [0, 0.05) is 38.3 Å². The van der Waals surface area contributed by atoms with Gasteiger partial charge in [-0.2, -0.15) is 0 Å². The molecule has 0 aliphatic carbocycles. The molecule has 1 amide bonds. The number of carbonyl (C=O) groups excluding carboxylic acids is 1. The van der Waals surface area contributed by atoms with Crippen LogP contribution in [0.3, 0.4) is 0 Å². The van der Waals surface area contributed by atoms with Crippen LogP contribution < -0.4 is 9.47 Å². The second kappa shape index (κ2) is 7.93. The zero-order valence-electron chi connectivity index (χ0n) is 14.2. The minimum absolute atomic E-state index is 0. The van der Waals surface area contributed by atoms with E-state index < -0.39 is 0 Å². The number of carbonyl (C=O) groups is 1. The Hall–Kier alpha value is -2.31. The van der Waals surface area contributed by atoms with E-state index in [2.05, 4.69) is 4.90 Å². The first-order valence-electron chi connectivity index (χ1n) is 8.35. The molecule has 1 fully saturated rings. The standard InChI is InChI=1S/C19H19FN2O3.ClH/c20-16-4-2-15(3-5-16)19(23)22-9-7-21(8-10-22)12-14-1-6-17-18(11-14)25-13-24-17;/h1-6,11H,7-10,12-13H2;1H. The number of fused-ring (bicyclic) bond motifs is 1. The van der Waals surface area contributed by atoms with Crippen LogP contribution >= 0.6 is 12.4 Å². The number of benzene rings is 2. The van der Waals surface area contributed by atoms with Crippen molar-refractivity contribution < 1.29 is 18.7 Å². The van der Waals surface area contributed by atoms with Crippen LogP contribution in [0.4, 0.5) is 4.39 Å². The monoisotopic (exact) mass is 378 g/mol. The molecule has 2 aromatic rings. The SMILES string of the molecule is Cl.O=C(c1ccc(F)cc1)N1CCN(Cc2ccc3c(c2)OCO3)CC1. The molecule has 2 aromatic carbocycles. The van der Waals surface area contributed by atoms with Crippen LogP contribution in [-0.2, 0) is 6.54 Å². The van der Waals surface area contributed by atoms with E-state index in [1.54, 1.807) is 0 Å². The predicted octanol–water partition coefficient (Wildman–Crippen LogP) is 2.93. The summed E-state index contributed by atoms with van der Waals surface area (Å²) in [6.45, 7) is 4.04. The van der Waals surface area contributed by atoms with E-state index in [1.807, 2.05) is 23.1 Å². The summed E-state index contributed by atoms with van der Waals surface area (Å²) in [5, 5.41) is 0. The normalized spacial score (nSPS) is 16.3.